The van der Waals surface area contributed by atoms with Gasteiger partial charge in [-0.1, -0.05) is 6.07 Å². The van der Waals surface area contributed by atoms with Gasteiger partial charge in [-0.05, 0) is 54.1 Å². The number of nitro groups is 1. The number of ether oxygens (including phenoxy) is 1. The number of methoxy groups -OCH3 is 1. The maximum atomic E-state index is 13.0. The number of nitrogens with zero attached hydrogens (tertiary/aromatic N) is 3. The second-order valence-electron chi connectivity index (χ2n) is 6.93. The average molecular weight is 431 g/mol. The van der Waals surface area contributed by atoms with Crippen LogP contribution in [0.4, 0.5) is 11.5 Å². The molecule has 1 atom stereocenters. The van der Waals surface area contributed by atoms with Gasteiger partial charge in [-0.25, -0.2) is 4.98 Å². The van der Waals surface area contributed by atoms with E-state index in [1.807, 2.05) is 0 Å². The molecule has 1 saturated heterocycles. The van der Waals surface area contributed by atoms with Gasteiger partial charge in [0, 0.05) is 23.9 Å². The third-order valence-corrected chi connectivity index (χ3v) is 5.12. The summed E-state index contributed by atoms with van der Waals surface area (Å²) in [6.45, 7) is 0. The number of carbonyl (C=O) groups excluding carboxylic acids is 2. The van der Waals surface area contributed by atoms with Crippen LogP contribution in [-0.2, 0) is 9.59 Å². The van der Waals surface area contributed by atoms with Gasteiger partial charge in [0.15, 0.2) is 0 Å². The molecule has 32 heavy (non-hydrogen) atoms. The summed E-state index contributed by atoms with van der Waals surface area (Å²) in [4.78, 5) is 41.9. The first-order valence-corrected chi connectivity index (χ1v) is 9.53. The first kappa shape index (κ1) is 20.7. The topological polar surface area (TPSA) is 123 Å². The number of hydrogen-bond donors (Lipinski definition) is 1. The zero-order chi connectivity index (χ0) is 22.8. The Balaban J connectivity index is 1.90. The summed E-state index contributed by atoms with van der Waals surface area (Å²) >= 11 is 0. The minimum Gasteiger partial charge on any atom is -0.507 e. The molecule has 1 aromatic heterocycles. The van der Waals surface area contributed by atoms with Gasteiger partial charge in [0.1, 0.15) is 17.3 Å². The summed E-state index contributed by atoms with van der Waals surface area (Å²) in [5.74, 6) is -1.34. The van der Waals surface area contributed by atoms with Crippen molar-refractivity contribution in [2.75, 3.05) is 12.0 Å². The number of non-ortho nitro benzene ring substituents is 1. The molecule has 0 saturated carbocycles. The van der Waals surface area contributed by atoms with Gasteiger partial charge in [-0.2, -0.15) is 0 Å². The number of Topliss-reactive ketones (excluding diaryl/α,β-unsaturated/α-hetero) is 1. The molecule has 0 spiro atoms. The fourth-order valence-electron chi connectivity index (χ4n) is 3.56. The lowest BCUT2D eigenvalue weighted by Gasteiger charge is -2.24. The highest BCUT2D eigenvalue weighted by Gasteiger charge is 2.47. The number of anilines is 1. The lowest BCUT2D eigenvalue weighted by molar-refractivity contribution is -0.384. The molecule has 160 valence electrons. The number of hydrogen-bond acceptors (Lipinski definition) is 7. The summed E-state index contributed by atoms with van der Waals surface area (Å²) in [5.41, 5.74) is 0.450. The van der Waals surface area contributed by atoms with E-state index < -0.39 is 22.7 Å². The van der Waals surface area contributed by atoms with Crippen LogP contribution in [0.1, 0.15) is 17.2 Å². The van der Waals surface area contributed by atoms with Crippen molar-refractivity contribution >= 4 is 29.0 Å². The predicted octanol–water partition coefficient (Wildman–Crippen LogP) is 3.62. The van der Waals surface area contributed by atoms with Crippen LogP contribution in [0.25, 0.3) is 5.76 Å². The first-order chi connectivity index (χ1) is 15.4. The minimum atomic E-state index is -1.02. The lowest BCUT2D eigenvalue weighted by Crippen LogP contribution is -2.30. The van der Waals surface area contributed by atoms with E-state index in [1.165, 1.54) is 42.5 Å². The number of rotatable bonds is 5. The predicted molar refractivity (Wildman–Crippen MR) is 115 cm³/mol. The normalized spacial score (nSPS) is 17.4. The molecule has 3 aromatic rings. The molecule has 0 unspecified atom stereocenters. The first-order valence-electron chi connectivity index (χ1n) is 9.53. The highest BCUT2D eigenvalue weighted by molar-refractivity contribution is 6.51. The van der Waals surface area contributed by atoms with E-state index in [9.17, 15) is 24.8 Å². The molecule has 1 aliphatic rings. The summed E-state index contributed by atoms with van der Waals surface area (Å²) in [5, 5.41) is 22.1. The van der Waals surface area contributed by atoms with Gasteiger partial charge in [-0.3, -0.25) is 24.6 Å². The number of aromatic nitrogens is 1. The van der Waals surface area contributed by atoms with Crippen LogP contribution >= 0.6 is 0 Å². The van der Waals surface area contributed by atoms with Gasteiger partial charge < -0.3 is 9.84 Å². The summed E-state index contributed by atoms with van der Waals surface area (Å²) < 4.78 is 5.12. The highest BCUT2D eigenvalue weighted by Crippen LogP contribution is 2.41. The Labute approximate surface area is 182 Å². The largest absolute Gasteiger partial charge is 0.507 e. The van der Waals surface area contributed by atoms with Crippen molar-refractivity contribution in [3.63, 3.8) is 0 Å². The Hall–Kier alpha value is -4.53. The van der Waals surface area contributed by atoms with E-state index in [2.05, 4.69) is 4.98 Å². The number of pyridine rings is 1. The molecule has 0 bridgehead atoms. The van der Waals surface area contributed by atoms with E-state index in [0.29, 0.717) is 16.9 Å². The van der Waals surface area contributed by atoms with E-state index in [4.69, 9.17) is 4.74 Å². The minimum absolute atomic E-state index is 0.139. The Morgan fingerprint density at radius 1 is 1.06 bits per heavy atom. The second kappa shape index (κ2) is 8.31. The molecular weight excluding hydrogens is 414 g/mol. The van der Waals surface area contributed by atoms with Crippen molar-refractivity contribution in [2.45, 2.75) is 6.04 Å². The number of ketones is 1. The molecule has 0 aliphatic carbocycles. The van der Waals surface area contributed by atoms with E-state index in [1.54, 1.807) is 42.5 Å². The van der Waals surface area contributed by atoms with E-state index in [-0.39, 0.29) is 22.8 Å². The number of aliphatic hydroxyl groups is 1. The van der Waals surface area contributed by atoms with Crippen molar-refractivity contribution in [3.05, 3.63) is 99.7 Å². The van der Waals surface area contributed by atoms with Gasteiger partial charge in [0.2, 0.25) is 0 Å². The number of nitro benzene ring substituents is 1. The second-order valence-corrected chi connectivity index (χ2v) is 6.93. The Kier molecular flexibility index (Phi) is 5.38. The molecule has 1 aliphatic heterocycles. The van der Waals surface area contributed by atoms with E-state index in [0.717, 1.165) is 0 Å². The standard InChI is InChI=1S/C23H17N3O6/c1-32-17-11-7-15(8-12-17)21(27)19-20(14-5-9-16(10-6-14)26(30)31)25(23(29)22(19)28)18-4-2-3-13-24-18/h2-13,20,27H,1H3/t20-/m1/s1. The number of carbonyl (C=O) groups is 2. The van der Waals surface area contributed by atoms with Gasteiger partial charge in [-0.15, -0.1) is 0 Å². The zero-order valence-electron chi connectivity index (χ0n) is 16.8. The van der Waals surface area contributed by atoms with Crippen molar-refractivity contribution in [2.24, 2.45) is 0 Å². The SMILES string of the molecule is COc1ccc(C(O)=C2C(=O)C(=O)N(c3ccccn3)[C@@H]2c2ccc([N+](=O)[O-])cc2)cc1. The Bertz CT molecular complexity index is 1220. The molecule has 2 aromatic carbocycles. The molecule has 1 amide bonds. The maximum Gasteiger partial charge on any atom is 0.301 e. The highest BCUT2D eigenvalue weighted by atomic mass is 16.6. The molecule has 1 fully saturated rings. The molecule has 4 rings (SSSR count). The lowest BCUT2D eigenvalue weighted by atomic mass is 9.95. The smallest absolute Gasteiger partial charge is 0.301 e. The van der Waals surface area contributed by atoms with Gasteiger partial charge in [0.05, 0.1) is 23.6 Å². The van der Waals surface area contributed by atoms with Gasteiger partial charge >= 0.3 is 5.91 Å². The fraction of sp³-hybridized carbons (Fsp3) is 0.0870. The van der Waals surface area contributed by atoms with Crippen LogP contribution in [0, 0.1) is 10.1 Å². The van der Waals surface area contributed by atoms with Gasteiger partial charge in [0.25, 0.3) is 11.5 Å². The molecule has 2 heterocycles. The monoisotopic (exact) mass is 431 g/mol. The summed E-state index contributed by atoms with van der Waals surface area (Å²) in [6.07, 6.45) is 1.48. The Morgan fingerprint density at radius 3 is 2.31 bits per heavy atom. The van der Waals surface area contributed by atoms with Crippen LogP contribution in [0.5, 0.6) is 5.75 Å². The molecule has 0 radical (unpaired) electrons. The summed E-state index contributed by atoms with van der Waals surface area (Å²) in [7, 11) is 1.50. The van der Waals surface area contributed by atoms with Crippen LogP contribution in [0.2, 0.25) is 0 Å². The number of benzene rings is 2. The molecular formula is C23H17N3O6. The van der Waals surface area contributed by atoms with E-state index >= 15 is 0 Å². The number of amides is 1. The molecule has 9 nitrogen and oxygen atoms in total. The summed E-state index contributed by atoms with van der Waals surface area (Å²) in [6, 6.07) is 15.7. The zero-order valence-corrected chi connectivity index (χ0v) is 16.8. The van der Waals surface area contributed by atoms with Crippen LogP contribution in [-0.4, -0.2) is 33.8 Å². The average Bonchev–Trinajstić information content (AvgIpc) is 3.09. The third kappa shape index (κ3) is 3.56. The van der Waals surface area contributed by atoms with Crippen LogP contribution in [0.15, 0.2) is 78.5 Å². The van der Waals surface area contributed by atoms with Crippen LogP contribution < -0.4 is 9.64 Å². The quantitative estimate of drug-likeness (QED) is 0.215. The third-order valence-electron chi connectivity index (χ3n) is 5.12. The maximum absolute atomic E-state index is 13.0. The molecule has 1 N–H and O–H groups in total. The number of aliphatic hydroxyl groups excluding tert-OH is 1. The fourth-order valence-corrected chi connectivity index (χ4v) is 3.56. The molecule has 9 heteroatoms. The van der Waals surface area contributed by atoms with Crippen LogP contribution in [0.3, 0.4) is 0 Å². The van der Waals surface area contributed by atoms with Crippen molar-refractivity contribution in [1.29, 1.82) is 0 Å². The Morgan fingerprint density at radius 2 is 1.75 bits per heavy atom. The van der Waals surface area contributed by atoms with Crippen molar-refractivity contribution in [1.82, 2.24) is 4.98 Å². The van der Waals surface area contributed by atoms with Crippen molar-refractivity contribution < 1.29 is 24.4 Å². The van der Waals surface area contributed by atoms with Crippen molar-refractivity contribution in [3.8, 4) is 5.75 Å².